The number of aryl methyl sites for hydroxylation is 1. The molecule has 2 N–H and O–H groups in total. The summed E-state index contributed by atoms with van der Waals surface area (Å²) < 4.78 is 0. The average Bonchev–Trinajstić information content (AvgIpc) is 2.22. The van der Waals surface area contributed by atoms with Gasteiger partial charge in [0.1, 0.15) is 5.75 Å². The maximum absolute atomic E-state index is 10.7. The molecule has 0 bridgehead atoms. The van der Waals surface area contributed by atoms with Crippen molar-refractivity contribution in [2.75, 3.05) is 0 Å². The van der Waals surface area contributed by atoms with Crippen molar-refractivity contribution in [3.05, 3.63) is 29.3 Å². The highest BCUT2D eigenvalue weighted by Gasteiger charge is 2.29. The molecule has 0 saturated heterocycles. The Kier molecular flexibility index (Phi) is 2.86. The molecule has 1 aromatic carbocycles. The molecule has 0 radical (unpaired) electrons. The first-order valence-electron chi connectivity index (χ1n) is 5.62. The summed E-state index contributed by atoms with van der Waals surface area (Å²) >= 11 is 0. The van der Waals surface area contributed by atoms with Crippen LogP contribution in [0, 0.1) is 5.92 Å². The number of benzene rings is 1. The zero-order chi connectivity index (χ0) is 11.7. The summed E-state index contributed by atoms with van der Waals surface area (Å²) in [5, 5.41) is 18.7. The molecular formula is C13H16O3. The number of aliphatic carboxylic acids is 1. The van der Waals surface area contributed by atoms with E-state index in [1.807, 2.05) is 19.1 Å². The van der Waals surface area contributed by atoms with E-state index in [9.17, 15) is 9.90 Å². The first kappa shape index (κ1) is 11.0. The third-order valence-electron chi connectivity index (χ3n) is 3.56. The highest BCUT2D eigenvalue weighted by atomic mass is 16.4. The predicted molar refractivity (Wildman–Crippen MR) is 60.6 cm³/mol. The lowest BCUT2D eigenvalue weighted by Crippen LogP contribution is -2.21. The summed E-state index contributed by atoms with van der Waals surface area (Å²) in [6.07, 6.45) is 1.95. The lowest BCUT2D eigenvalue weighted by Gasteiger charge is -2.30. The Labute approximate surface area is 94.7 Å². The molecule has 1 aliphatic carbocycles. The Balaban J connectivity index is 2.30. The standard InChI is InChI=1S/C13H16O3/c1-8-10(7-12(15)16)6-5-9-3-2-4-11(14)13(8)9/h2-4,8,10,14H,5-7H2,1H3,(H,15,16). The minimum Gasteiger partial charge on any atom is -0.508 e. The van der Waals surface area contributed by atoms with Crippen LogP contribution >= 0.6 is 0 Å². The van der Waals surface area contributed by atoms with Crippen LogP contribution in [0.1, 0.15) is 36.8 Å². The number of phenols is 1. The molecule has 2 rings (SSSR count). The molecule has 1 aliphatic rings. The Morgan fingerprint density at radius 3 is 2.94 bits per heavy atom. The molecule has 0 saturated carbocycles. The second-order valence-corrected chi connectivity index (χ2v) is 4.54. The third-order valence-corrected chi connectivity index (χ3v) is 3.56. The predicted octanol–water partition coefficient (Wildman–Crippen LogP) is 2.53. The van der Waals surface area contributed by atoms with Crippen molar-refractivity contribution in [1.29, 1.82) is 0 Å². The van der Waals surface area contributed by atoms with Gasteiger partial charge in [0.15, 0.2) is 0 Å². The highest BCUT2D eigenvalue weighted by molar-refractivity contribution is 5.67. The Morgan fingerprint density at radius 1 is 1.50 bits per heavy atom. The van der Waals surface area contributed by atoms with E-state index < -0.39 is 5.97 Å². The van der Waals surface area contributed by atoms with E-state index in [1.54, 1.807) is 6.07 Å². The van der Waals surface area contributed by atoms with Crippen LogP contribution < -0.4 is 0 Å². The SMILES string of the molecule is CC1c2c(O)cccc2CCC1CC(=O)O. The number of carboxylic acids is 1. The van der Waals surface area contributed by atoms with Crippen molar-refractivity contribution in [2.45, 2.75) is 32.1 Å². The molecule has 86 valence electrons. The largest absolute Gasteiger partial charge is 0.508 e. The van der Waals surface area contributed by atoms with Crippen LogP contribution in [0.4, 0.5) is 0 Å². The van der Waals surface area contributed by atoms with E-state index in [1.165, 1.54) is 0 Å². The van der Waals surface area contributed by atoms with Crippen molar-refractivity contribution >= 4 is 5.97 Å². The van der Waals surface area contributed by atoms with E-state index in [-0.39, 0.29) is 18.3 Å². The summed E-state index contributed by atoms with van der Waals surface area (Å²) in [5.74, 6) is -0.185. The van der Waals surface area contributed by atoms with Gasteiger partial charge in [-0.15, -0.1) is 0 Å². The van der Waals surface area contributed by atoms with Gasteiger partial charge in [0.05, 0.1) is 0 Å². The molecule has 16 heavy (non-hydrogen) atoms. The van der Waals surface area contributed by atoms with Gasteiger partial charge in [-0.05, 0) is 36.3 Å². The quantitative estimate of drug-likeness (QED) is 0.805. The molecule has 0 fully saturated rings. The molecule has 0 amide bonds. The summed E-state index contributed by atoms with van der Waals surface area (Å²) in [4.78, 5) is 10.7. The fraction of sp³-hybridized carbons (Fsp3) is 0.462. The van der Waals surface area contributed by atoms with Crippen molar-refractivity contribution in [3.63, 3.8) is 0 Å². The van der Waals surface area contributed by atoms with Crippen molar-refractivity contribution in [3.8, 4) is 5.75 Å². The van der Waals surface area contributed by atoms with E-state index in [0.29, 0.717) is 5.75 Å². The number of rotatable bonds is 2. The van der Waals surface area contributed by atoms with E-state index in [2.05, 4.69) is 0 Å². The number of carbonyl (C=O) groups is 1. The molecule has 2 unspecified atom stereocenters. The maximum Gasteiger partial charge on any atom is 0.303 e. The topological polar surface area (TPSA) is 57.5 Å². The van der Waals surface area contributed by atoms with Crippen LogP contribution in [-0.2, 0) is 11.2 Å². The summed E-state index contributed by atoms with van der Waals surface area (Å²) in [5.41, 5.74) is 2.11. The van der Waals surface area contributed by atoms with Crippen molar-refractivity contribution in [1.82, 2.24) is 0 Å². The fourth-order valence-corrected chi connectivity index (χ4v) is 2.67. The average molecular weight is 220 g/mol. The first-order valence-corrected chi connectivity index (χ1v) is 5.62. The number of aromatic hydroxyl groups is 1. The maximum atomic E-state index is 10.7. The minimum absolute atomic E-state index is 0.126. The number of carboxylic acid groups (broad SMARTS) is 1. The number of hydrogen-bond acceptors (Lipinski definition) is 2. The summed E-state index contributed by atoms with van der Waals surface area (Å²) in [6, 6.07) is 5.54. The second kappa shape index (κ2) is 4.16. The van der Waals surface area contributed by atoms with Crippen LogP contribution in [0.15, 0.2) is 18.2 Å². The van der Waals surface area contributed by atoms with Gasteiger partial charge in [-0.1, -0.05) is 19.1 Å². The lowest BCUT2D eigenvalue weighted by molar-refractivity contribution is -0.138. The molecule has 0 aliphatic heterocycles. The Bertz CT molecular complexity index is 412. The molecule has 0 spiro atoms. The molecule has 2 atom stereocenters. The smallest absolute Gasteiger partial charge is 0.303 e. The normalized spacial score (nSPS) is 23.8. The highest BCUT2D eigenvalue weighted by Crippen LogP contribution is 2.41. The molecule has 3 nitrogen and oxygen atoms in total. The second-order valence-electron chi connectivity index (χ2n) is 4.54. The zero-order valence-electron chi connectivity index (χ0n) is 9.31. The van der Waals surface area contributed by atoms with E-state index in [4.69, 9.17) is 5.11 Å². The third kappa shape index (κ3) is 1.90. The number of phenolic OH excluding ortho intramolecular Hbond substituents is 1. The Morgan fingerprint density at radius 2 is 2.25 bits per heavy atom. The number of hydrogen-bond donors (Lipinski definition) is 2. The molecule has 3 heteroatoms. The zero-order valence-corrected chi connectivity index (χ0v) is 9.31. The van der Waals surface area contributed by atoms with Crippen LogP contribution in [0.3, 0.4) is 0 Å². The van der Waals surface area contributed by atoms with Gasteiger partial charge in [-0.2, -0.15) is 0 Å². The monoisotopic (exact) mass is 220 g/mol. The van der Waals surface area contributed by atoms with Gasteiger partial charge in [0.25, 0.3) is 0 Å². The van der Waals surface area contributed by atoms with Gasteiger partial charge in [0, 0.05) is 12.0 Å². The van der Waals surface area contributed by atoms with Crippen LogP contribution in [0.2, 0.25) is 0 Å². The first-order chi connectivity index (χ1) is 7.59. The minimum atomic E-state index is -0.754. The molecule has 0 aromatic heterocycles. The van der Waals surface area contributed by atoms with E-state index in [0.717, 1.165) is 24.0 Å². The Hall–Kier alpha value is -1.51. The lowest BCUT2D eigenvalue weighted by atomic mass is 9.74. The van der Waals surface area contributed by atoms with Gasteiger partial charge >= 0.3 is 5.97 Å². The van der Waals surface area contributed by atoms with E-state index >= 15 is 0 Å². The van der Waals surface area contributed by atoms with Gasteiger partial charge < -0.3 is 10.2 Å². The molecule has 1 aromatic rings. The van der Waals surface area contributed by atoms with Gasteiger partial charge in [-0.25, -0.2) is 0 Å². The molecule has 0 heterocycles. The van der Waals surface area contributed by atoms with Crippen molar-refractivity contribution < 1.29 is 15.0 Å². The van der Waals surface area contributed by atoms with Crippen molar-refractivity contribution in [2.24, 2.45) is 5.92 Å². The van der Waals surface area contributed by atoms with Gasteiger partial charge in [-0.3, -0.25) is 4.79 Å². The van der Waals surface area contributed by atoms with Crippen LogP contribution in [-0.4, -0.2) is 16.2 Å². The van der Waals surface area contributed by atoms with Crippen LogP contribution in [0.25, 0.3) is 0 Å². The van der Waals surface area contributed by atoms with Crippen LogP contribution in [0.5, 0.6) is 5.75 Å². The summed E-state index contributed by atoms with van der Waals surface area (Å²) in [7, 11) is 0. The number of fused-ring (bicyclic) bond motifs is 1. The fourth-order valence-electron chi connectivity index (χ4n) is 2.67. The van der Waals surface area contributed by atoms with Gasteiger partial charge in [0.2, 0.25) is 0 Å². The molecular weight excluding hydrogens is 204 g/mol. The summed E-state index contributed by atoms with van der Waals surface area (Å²) in [6.45, 7) is 2.01.